The van der Waals surface area contributed by atoms with Crippen LogP contribution in [0.4, 0.5) is 0 Å². The van der Waals surface area contributed by atoms with Crippen molar-refractivity contribution < 1.29 is 18.1 Å². The molecule has 0 bridgehead atoms. The summed E-state index contributed by atoms with van der Waals surface area (Å²) in [5.41, 5.74) is 4.17. The summed E-state index contributed by atoms with van der Waals surface area (Å²) in [6.07, 6.45) is 4.31. The molecular weight excluding hydrogens is 170 g/mol. The van der Waals surface area contributed by atoms with Gasteiger partial charge in [-0.3, -0.25) is 0 Å². The van der Waals surface area contributed by atoms with Crippen LogP contribution in [0.15, 0.2) is 0 Å². The maximum atomic E-state index is 4.14. The highest BCUT2D eigenvalue weighted by molar-refractivity contribution is 5.11. The lowest BCUT2D eigenvalue weighted by atomic mass is 9.93. The third-order valence-electron chi connectivity index (χ3n) is 1.94. The minimum absolute atomic E-state index is 0. The first-order chi connectivity index (χ1) is 5.18. The van der Waals surface area contributed by atoms with Crippen LogP contribution < -0.4 is 18.1 Å². The zero-order chi connectivity index (χ0) is 8.74. The summed E-state index contributed by atoms with van der Waals surface area (Å²) in [4.78, 5) is 0. The minimum atomic E-state index is 0. The van der Waals surface area contributed by atoms with Crippen molar-refractivity contribution in [1.29, 1.82) is 0 Å². The summed E-state index contributed by atoms with van der Waals surface area (Å²) in [5.74, 6) is 6.35. The van der Waals surface area contributed by atoms with Crippen LogP contribution >= 0.6 is 0 Å². The van der Waals surface area contributed by atoms with Crippen LogP contribution in [0.1, 0.15) is 46.5 Å². The Morgan fingerprint density at radius 2 is 1.83 bits per heavy atom. The Kier molecular flexibility index (Phi) is 8.91. The van der Waals surface area contributed by atoms with Crippen molar-refractivity contribution >= 4 is 0 Å². The van der Waals surface area contributed by atoms with Crippen molar-refractivity contribution in [3.05, 3.63) is 0 Å². The minimum Gasteiger partial charge on any atom is -1.00 e. The van der Waals surface area contributed by atoms with Gasteiger partial charge in [0.15, 0.2) is 5.54 Å². The molecule has 0 radical (unpaired) electrons. The third kappa shape index (κ3) is 5.46. The van der Waals surface area contributed by atoms with E-state index in [1.807, 2.05) is 0 Å². The first-order valence-electron chi connectivity index (χ1n) is 4.54. The van der Waals surface area contributed by atoms with Crippen LogP contribution in [-0.2, 0) is 0 Å². The Labute approximate surface area is 82.5 Å². The van der Waals surface area contributed by atoms with Crippen molar-refractivity contribution in [3.63, 3.8) is 0 Å². The van der Waals surface area contributed by atoms with Crippen LogP contribution in [0.2, 0.25) is 0 Å². The molecule has 12 heavy (non-hydrogen) atoms. The molecule has 0 aliphatic rings. The molecule has 0 aromatic heterocycles. The van der Waals surface area contributed by atoms with E-state index in [-0.39, 0.29) is 17.9 Å². The molecule has 0 spiro atoms. The Balaban J connectivity index is 0. The van der Waals surface area contributed by atoms with Gasteiger partial charge in [-0.2, -0.15) is 0 Å². The second kappa shape index (κ2) is 7.46. The SMILES string of the molecule is CCC#CC([NH3+])(CC)CCC.[Cl-]. The van der Waals surface area contributed by atoms with E-state index in [0.717, 1.165) is 19.3 Å². The van der Waals surface area contributed by atoms with Crippen molar-refractivity contribution in [3.8, 4) is 11.8 Å². The van der Waals surface area contributed by atoms with Gasteiger partial charge in [0.05, 0.1) is 0 Å². The van der Waals surface area contributed by atoms with Crippen LogP contribution in [0.25, 0.3) is 0 Å². The molecule has 0 rings (SSSR count). The number of hydrogen-bond acceptors (Lipinski definition) is 0. The van der Waals surface area contributed by atoms with Crippen molar-refractivity contribution in [2.45, 2.75) is 52.0 Å². The fourth-order valence-corrected chi connectivity index (χ4v) is 1.08. The molecule has 0 fully saturated rings. The van der Waals surface area contributed by atoms with Gasteiger partial charge in [-0.1, -0.05) is 26.7 Å². The van der Waals surface area contributed by atoms with E-state index in [1.54, 1.807) is 0 Å². The molecule has 1 nitrogen and oxygen atoms in total. The lowest BCUT2D eigenvalue weighted by molar-refractivity contribution is -0.457. The van der Waals surface area contributed by atoms with Crippen LogP contribution in [0.3, 0.4) is 0 Å². The Bertz CT molecular complexity index is 157. The molecule has 1 unspecified atom stereocenters. The fraction of sp³-hybridized carbons (Fsp3) is 0.800. The van der Waals surface area contributed by atoms with Gasteiger partial charge in [-0.05, 0) is 12.3 Å². The summed E-state index contributed by atoms with van der Waals surface area (Å²) in [6, 6.07) is 0. The lowest BCUT2D eigenvalue weighted by Crippen LogP contribution is -3.00. The van der Waals surface area contributed by atoms with Crippen molar-refractivity contribution in [2.75, 3.05) is 0 Å². The van der Waals surface area contributed by atoms with E-state index in [4.69, 9.17) is 0 Å². The number of halogens is 1. The molecule has 1 atom stereocenters. The standard InChI is InChI=1S/C10H19N.ClH/c1-4-7-9-10(11,6-3)8-5-2;/h4-6,8,11H2,1-3H3;1H. The van der Waals surface area contributed by atoms with E-state index in [9.17, 15) is 0 Å². The molecule has 2 heteroatoms. The number of quaternary nitrogens is 1. The van der Waals surface area contributed by atoms with Crippen LogP contribution in [0.5, 0.6) is 0 Å². The molecule has 0 saturated carbocycles. The molecule has 0 aromatic carbocycles. The molecule has 0 aliphatic heterocycles. The predicted octanol–water partition coefficient (Wildman–Crippen LogP) is -1.41. The second-order valence-electron chi connectivity index (χ2n) is 3.04. The van der Waals surface area contributed by atoms with Gasteiger partial charge in [0.2, 0.25) is 0 Å². The summed E-state index contributed by atoms with van der Waals surface area (Å²) >= 11 is 0. The lowest BCUT2D eigenvalue weighted by Gasteiger charge is -2.16. The second-order valence-corrected chi connectivity index (χ2v) is 3.04. The molecule has 0 aromatic rings. The summed E-state index contributed by atoms with van der Waals surface area (Å²) in [7, 11) is 0. The third-order valence-corrected chi connectivity index (χ3v) is 1.94. The van der Waals surface area contributed by atoms with Gasteiger partial charge < -0.3 is 18.1 Å². The Hall–Kier alpha value is -0.190. The average Bonchev–Trinajstić information content (AvgIpc) is 2.02. The van der Waals surface area contributed by atoms with Gasteiger partial charge in [-0.25, -0.2) is 0 Å². The van der Waals surface area contributed by atoms with Crippen molar-refractivity contribution in [1.82, 2.24) is 0 Å². The van der Waals surface area contributed by atoms with Crippen LogP contribution in [0, 0.1) is 11.8 Å². The van der Waals surface area contributed by atoms with E-state index < -0.39 is 0 Å². The smallest absolute Gasteiger partial charge is 0.155 e. The normalized spacial score (nSPS) is 13.7. The largest absolute Gasteiger partial charge is 1.00 e. The van der Waals surface area contributed by atoms with Gasteiger partial charge in [0.1, 0.15) is 0 Å². The molecule has 3 N–H and O–H groups in total. The molecule has 0 saturated heterocycles. The van der Waals surface area contributed by atoms with Gasteiger partial charge >= 0.3 is 0 Å². The highest BCUT2D eigenvalue weighted by atomic mass is 35.5. The van der Waals surface area contributed by atoms with E-state index in [1.165, 1.54) is 6.42 Å². The summed E-state index contributed by atoms with van der Waals surface area (Å²) < 4.78 is 0. The molecule has 0 amide bonds. The predicted molar refractivity (Wildman–Crippen MR) is 48.9 cm³/mol. The zero-order valence-electron chi connectivity index (χ0n) is 8.41. The van der Waals surface area contributed by atoms with E-state index >= 15 is 0 Å². The fourth-order valence-electron chi connectivity index (χ4n) is 1.08. The molecule has 72 valence electrons. The summed E-state index contributed by atoms with van der Waals surface area (Å²) in [6.45, 7) is 6.42. The van der Waals surface area contributed by atoms with Crippen molar-refractivity contribution in [2.24, 2.45) is 0 Å². The maximum absolute atomic E-state index is 4.14. The van der Waals surface area contributed by atoms with E-state index in [2.05, 4.69) is 38.3 Å². The Morgan fingerprint density at radius 3 is 2.17 bits per heavy atom. The topological polar surface area (TPSA) is 27.6 Å². The van der Waals surface area contributed by atoms with E-state index in [0.29, 0.717) is 0 Å². The molecule has 0 heterocycles. The Morgan fingerprint density at radius 1 is 1.25 bits per heavy atom. The first-order valence-corrected chi connectivity index (χ1v) is 4.54. The quantitative estimate of drug-likeness (QED) is 0.529. The van der Waals surface area contributed by atoms with Gasteiger partial charge in [0.25, 0.3) is 0 Å². The van der Waals surface area contributed by atoms with Crippen LogP contribution in [-0.4, -0.2) is 5.54 Å². The first kappa shape index (κ1) is 14.3. The van der Waals surface area contributed by atoms with Gasteiger partial charge in [-0.15, -0.1) is 0 Å². The highest BCUT2D eigenvalue weighted by Crippen LogP contribution is 2.09. The highest BCUT2D eigenvalue weighted by Gasteiger charge is 2.21. The zero-order valence-corrected chi connectivity index (χ0v) is 9.17. The summed E-state index contributed by atoms with van der Waals surface area (Å²) in [5, 5.41) is 0. The monoisotopic (exact) mass is 189 g/mol. The number of rotatable bonds is 3. The molecule has 0 aliphatic carbocycles. The van der Waals surface area contributed by atoms with Gasteiger partial charge in [0, 0.05) is 19.3 Å². The maximum Gasteiger partial charge on any atom is 0.155 e. The molecular formula is C10H20ClN. The number of hydrogen-bond donors (Lipinski definition) is 1. The average molecular weight is 190 g/mol.